The number of nitrogens with zero attached hydrogens (tertiary/aromatic N) is 1. The second-order valence-corrected chi connectivity index (χ2v) is 6.47. The highest BCUT2D eigenvalue weighted by Gasteiger charge is 2.33. The zero-order valence-corrected chi connectivity index (χ0v) is 14.8. The highest BCUT2D eigenvalue weighted by atomic mass is 35.5. The molecule has 24 heavy (non-hydrogen) atoms. The fourth-order valence-electron chi connectivity index (χ4n) is 3.25. The molecule has 1 aliphatic rings. The Bertz CT molecular complexity index is 657. The maximum absolute atomic E-state index is 12.5. The van der Waals surface area contributed by atoms with Crippen LogP contribution in [0.4, 0.5) is 0 Å². The Labute approximate surface area is 150 Å². The van der Waals surface area contributed by atoms with Crippen LogP contribution >= 0.6 is 12.4 Å². The van der Waals surface area contributed by atoms with Gasteiger partial charge in [-0.05, 0) is 24.5 Å². The minimum atomic E-state index is 0. The smallest absolute Gasteiger partial charge is 0.222 e. The molecule has 1 amide bonds. The molecule has 4 heteroatoms. The lowest BCUT2D eigenvalue weighted by atomic mass is 9.95. The van der Waals surface area contributed by atoms with Crippen molar-refractivity contribution < 1.29 is 4.79 Å². The van der Waals surface area contributed by atoms with Crippen molar-refractivity contribution in [3.63, 3.8) is 0 Å². The summed E-state index contributed by atoms with van der Waals surface area (Å²) in [6.45, 7) is 3.47. The van der Waals surface area contributed by atoms with Gasteiger partial charge in [0.1, 0.15) is 0 Å². The maximum Gasteiger partial charge on any atom is 0.222 e. The predicted molar refractivity (Wildman–Crippen MR) is 100 cm³/mol. The number of nitrogens with two attached hydrogens (primary N) is 1. The average Bonchev–Trinajstić information content (AvgIpc) is 2.97. The van der Waals surface area contributed by atoms with Crippen LogP contribution in [0.1, 0.15) is 29.0 Å². The molecule has 0 spiro atoms. The van der Waals surface area contributed by atoms with E-state index in [1.54, 1.807) is 0 Å². The van der Waals surface area contributed by atoms with E-state index >= 15 is 0 Å². The lowest BCUT2D eigenvalue weighted by Crippen LogP contribution is -2.32. The number of likely N-dealkylation sites (tertiary alicyclic amines) is 1. The quantitative estimate of drug-likeness (QED) is 0.925. The molecule has 1 saturated heterocycles. The highest BCUT2D eigenvalue weighted by Crippen LogP contribution is 2.26. The molecule has 3 rings (SSSR count). The summed E-state index contributed by atoms with van der Waals surface area (Å²) in [6, 6.07) is 18.7. The van der Waals surface area contributed by atoms with E-state index < -0.39 is 0 Å². The van der Waals surface area contributed by atoms with Gasteiger partial charge in [0.05, 0.1) is 0 Å². The summed E-state index contributed by atoms with van der Waals surface area (Å²) in [5.74, 6) is 0.457. The Balaban J connectivity index is 0.00000208. The summed E-state index contributed by atoms with van der Waals surface area (Å²) < 4.78 is 0. The summed E-state index contributed by atoms with van der Waals surface area (Å²) in [6.07, 6.45) is 1.35. The maximum atomic E-state index is 12.5. The largest absolute Gasteiger partial charge is 0.340 e. The Morgan fingerprint density at radius 2 is 1.75 bits per heavy atom. The van der Waals surface area contributed by atoms with Crippen LogP contribution in [-0.4, -0.2) is 29.9 Å². The fourth-order valence-corrected chi connectivity index (χ4v) is 3.25. The summed E-state index contributed by atoms with van der Waals surface area (Å²) in [4.78, 5) is 14.4. The lowest BCUT2D eigenvalue weighted by molar-refractivity contribution is -0.130. The summed E-state index contributed by atoms with van der Waals surface area (Å²) in [5, 5.41) is 0. The van der Waals surface area contributed by atoms with Gasteiger partial charge in [0.2, 0.25) is 5.91 Å². The third-order valence-electron chi connectivity index (χ3n) is 4.69. The first-order valence-corrected chi connectivity index (χ1v) is 8.27. The van der Waals surface area contributed by atoms with Crippen molar-refractivity contribution >= 4 is 18.3 Å². The first-order chi connectivity index (χ1) is 11.1. The lowest BCUT2D eigenvalue weighted by Gasteiger charge is -2.16. The number of hydrogen-bond donors (Lipinski definition) is 1. The van der Waals surface area contributed by atoms with E-state index in [0.717, 1.165) is 13.0 Å². The first kappa shape index (κ1) is 18.5. The summed E-state index contributed by atoms with van der Waals surface area (Å²) in [5.41, 5.74) is 9.96. The standard InChI is InChI=1S/C20H24N2O.ClH/c1-15-7-9-16(10-8-15)11-12-20(23)22-13-18(19(21)14-22)17-5-3-2-4-6-17;/h2-10,18-19H,11-14,21H2,1H3;1H/t18-,19+;/m0./s1. The molecule has 3 nitrogen and oxygen atoms in total. The number of amides is 1. The van der Waals surface area contributed by atoms with Crippen LogP contribution < -0.4 is 5.73 Å². The molecule has 2 aromatic rings. The van der Waals surface area contributed by atoms with Gasteiger partial charge < -0.3 is 10.6 Å². The van der Waals surface area contributed by atoms with E-state index in [-0.39, 0.29) is 30.3 Å². The second kappa shape index (κ2) is 8.32. The molecule has 2 aromatic carbocycles. The first-order valence-electron chi connectivity index (χ1n) is 8.27. The number of hydrogen-bond acceptors (Lipinski definition) is 2. The number of benzene rings is 2. The van der Waals surface area contributed by atoms with E-state index in [1.165, 1.54) is 16.7 Å². The molecular formula is C20H25ClN2O. The molecule has 0 aliphatic carbocycles. The molecule has 128 valence electrons. The molecule has 1 heterocycles. The Morgan fingerprint density at radius 1 is 1.08 bits per heavy atom. The van der Waals surface area contributed by atoms with Crippen molar-refractivity contribution in [3.8, 4) is 0 Å². The van der Waals surface area contributed by atoms with Crippen LogP contribution in [0.2, 0.25) is 0 Å². The predicted octanol–water partition coefficient (Wildman–Crippen LogP) is 3.30. The van der Waals surface area contributed by atoms with Crippen LogP contribution in [0, 0.1) is 6.92 Å². The molecule has 1 fully saturated rings. The van der Waals surface area contributed by atoms with Gasteiger partial charge >= 0.3 is 0 Å². The summed E-state index contributed by atoms with van der Waals surface area (Å²) >= 11 is 0. The Morgan fingerprint density at radius 3 is 2.42 bits per heavy atom. The zero-order chi connectivity index (χ0) is 16.2. The van der Waals surface area contributed by atoms with Crippen molar-refractivity contribution in [2.75, 3.05) is 13.1 Å². The van der Waals surface area contributed by atoms with Gasteiger partial charge in [0.15, 0.2) is 0 Å². The molecule has 0 saturated carbocycles. The molecule has 0 bridgehead atoms. The Hall–Kier alpha value is -1.84. The van der Waals surface area contributed by atoms with E-state index in [9.17, 15) is 4.79 Å². The highest BCUT2D eigenvalue weighted by molar-refractivity contribution is 5.85. The number of halogens is 1. The van der Waals surface area contributed by atoms with Crippen molar-refractivity contribution in [2.45, 2.75) is 31.7 Å². The van der Waals surface area contributed by atoms with Gasteiger partial charge in [-0.25, -0.2) is 0 Å². The van der Waals surface area contributed by atoms with Gasteiger partial charge in [0.25, 0.3) is 0 Å². The van der Waals surface area contributed by atoms with Crippen molar-refractivity contribution in [1.29, 1.82) is 0 Å². The van der Waals surface area contributed by atoms with Gasteiger partial charge in [0, 0.05) is 31.5 Å². The SMILES string of the molecule is Cc1ccc(CCC(=O)N2C[C@@H](N)[C@H](c3ccccc3)C2)cc1.Cl. The van der Waals surface area contributed by atoms with Crippen LogP contribution in [0.25, 0.3) is 0 Å². The van der Waals surface area contributed by atoms with Gasteiger partial charge in [-0.2, -0.15) is 0 Å². The van der Waals surface area contributed by atoms with E-state index in [4.69, 9.17) is 5.73 Å². The van der Waals surface area contributed by atoms with Crippen LogP contribution in [-0.2, 0) is 11.2 Å². The van der Waals surface area contributed by atoms with Gasteiger partial charge in [-0.15, -0.1) is 12.4 Å². The minimum Gasteiger partial charge on any atom is -0.340 e. The molecule has 1 aliphatic heterocycles. The molecule has 0 unspecified atom stereocenters. The molecule has 0 aromatic heterocycles. The average molecular weight is 345 g/mol. The van der Waals surface area contributed by atoms with Crippen LogP contribution in [0.15, 0.2) is 54.6 Å². The van der Waals surface area contributed by atoms with Crippen LogP contribution in [0.5, 0.6) is 0 Å². The van der Waals surface area contributed by atoms with Crippen molar-refractivity contribution in [2.24, 2.45) is 5.73 Å². The van der Waals surface area contributed by atoms with Crippen molar-refractivity contribution in [3.05, 3.63) is 71.3 Å². The minimum absolute atomic E-state index is 0. The Kier molecular flexibility index (Phi) is 6.41. The number of carbonyl (C=O) groups is 1. The summed E-state index contributed by atoms with van der Waals surface area (Å²) in [7, 11) is 0. The number of rotatable bonds is 4. The number of carbonyl (C=O) groups excluding carboxylic acids is 1. The normalized spacial score (nSPS) is 19.8. The van der Waals surface area contributed by atoms with Crippen LogP contribution in [0.3, 0.4) is 0 Å². The monoisotopic (exact) mass is 344 g/mol. The van der Waals surface area contributed by atoms with E-state index in [0.29, 0.717) is 13.0 Å². The van der Waals surface area contributed by atoms with E-state index in [1.807, 2.05) is 23.1 Å². The molecule has 2 atom stereocenters. The van der Waals surface area contributed by atoms with E-state index in [2.05, 4.69) is 43.3 Å². The molecule has 0 radical (unpaired) electrons. The zero-order valence-electron chi connectivity index (χ0n) is 14.0. The third kappa shape index (κ3) is 4.37. The van der Waals surface area contributed by atoms with Gasteiger partial charge in [-0.1, -0.05) is 60.2 Å². The third-order valence-corrected chi connectivity index (χ3v) is 4.69. The number of aryl methyl sites for hydroxylation is 2. The molecule has 2 N–H and O–H groups in total. The van der Waals surface area contributed by atoms with Crippen molar-refractivity contribution in [1.82, 2.24) is 4.90 Å². The fraction of sp³-hybridized carbons (Fsp3) is 0.350. The molecular weight excluding hydrogens is 320 g/mol. The van der Waals surface area contributed by atoms with Gasteiger partial charge in [-0.3, -0.25) is 4.79 Å². The second-order valence-electron chi connectivity index (χ2n) is 6.47. The topological polar surface area (TPSA) is 46.3 Å².